The molecule has 0 saturated carbocycles. The second kappa shape index (κ2) is 7.29. The van der Waals surface area contributed by atoms with E-state index in [1.165, 1.54) is 25.7 Å². The summed E-state index contributed by atoms with van der Waals surface area (Å²) in [5.74, 6) is -0.115. The van der Waals surface area contributed by atoms with Gasteiger partial charge in [0.2, 0.25) is 0 Å². The Hall–Kier alpha value is -1.35. The number of carbonyl (C=O) groups is 1. The molecular weight excluding hydrogens is 238 g/mol. The average Bonchev–Trinajstić information content (AvgIpc) is 2.70. The smallest absolute Gasteiger partial charge is 0.327 e. The van der Waals surface area contributed by atoms with Crippen molar-refractivity contribution in [1.29, 1.82) is 0 Å². The van der Waals surface area contributed by atoms with Crippen molar-refractivity contribution in [2.75, 3.05) is 19.7 Å². The van der Waals surface area contributed by atoms with Crippen LogP contribution in [-0.2, 0) is 9.53 Å². The summed E-state index contributed by atoms with van der Waals surface area (Å²) >= 11 is 0. The van der Waals surface area contributed by atoms with Crippen molar-refractivity contribution in [3.05, 3.63) is 35.9 Å². The second-order valence-corrected chi connectivity index (χ2v) is 5.02. The lowest BCUT2D eigenvalue weighted by Gasteiger charge is -2.29. The third-order valence-electron chi connectivity index (χ3n) is 3.63. The summed E-state index contributed by atoms with van der Waals surface area (Å²) in [6.45, 7) is 4.27. The number of likely N-dealkylation sites (tertiary alicyclic amines) is 1. The molecule has 1 unspecified atom stereocenters. The first-order valence-corrected chi connectivity index (χ1v) is 7.28. The molecule has 2 rings (SSSR count). The van der Waals surface area contributed by atoms with Gasteiger partial charge in [0.25, 0.3) is 0 Å². The highest BCUT2D eigenvalue weighted by Crippen LogP contribution is 2.25. The van der Waals surface area contributed by atoms with Gasteiger partial charge in [-0.05, 0) is 38.4 Å². The zero-order chi connectivity index (χ0) is 13.5. The van der Waals surface area contributed by atoms with Crippen LogP contribution in [0.3, 0.4) is 0 Å². The van der Waals surface area contributed by atoms with Crippen molar-refractivity contribution in [2.45, 2.75) is 38.6 Å². The van der Waals surface area contributed by atoms with Gasteiger partial charge in [0.1, 0.15) is 6.04 Å². The molecule has 0 aliphatic carbocycles. The van der Waals surface area contributed by atoms with Crippen LogP contribution in [0.4, 0.5) is 0 Å². The SMILES string of the molecule is CCOC(=O)C(c1ccccc1)N1CCCCCC1. The summed E-state index contributed by atoms with van der Waals surface area (Å²) in [7, 11) is 0. The maximum absolute atomic E-state index is 12.3. The molecule has 0 aromatic heterocycles. The third-order valence-corrected chi connectivity index (χ3v) is 3.63. The van der Waals surface area contributed by atoms with Crippen LogP contribution in [0.15, 0.2) is 30.3 Å². The van der Waals surface area contributed by atoms with Crippen molar-refractivity contribution in [2.24, 2.45) is 0 Å². The zero-order valence-electron chi connectivity index (χ0n) is 11.7. The van der Waals surface area contributed by atoms with Crippen LogP contribution in [-0.4, -0.2) is 30.6 Å². The topological polar surface area (TPSA) is 29.5 Å². The molecule has 0 N–H and O–H groups in total. The van der Waals surface area contributed by atoms with Gasteiger partial charge in [-0.25, -0.2) is 4.79 Å². The number of rotatable bonds is 4. The van der Waals surface area contributed by atoms with E-state index in [2.05, 4.69) is 4.90 Å². The first kappa shape index (κ1) is 14.1. The monoisotopic (exact) mass is 261 g/mol. The van der Waals surface area contributed by atoms with Gasteiger partial charge in [-0.2, -0.15) is 0 Å². The predicted molar refractivity (Wildman–Crippen MR) is 75.9 cm³/mol. The van der Waals surface area contributed by atoms with Crippen LogP contribution in [0.2, 0.25) is 0 Å². The van der Waals surface area contributed by atoms with Gasteiger partial charge in [0.05, 0.1) is 6.61 Å². The molecule has 3 nitrogen and oxygen atoms in total. The van der Waals surface area contributed by atoms with Gasteiger partial charge < -0.3 is 4.74 Å². The third kappa shape index (κ3) is 3.80. The molecule has 104 valence electrons. The van der Waals surface area contributed by atoms with E-state index in [1.54, 1.807) is 0 Å². The molecule has 1 heterocycles. The van der Waals surface area contributed by atoms with E-state index >= 15 is 0 Å². The van der Waals surface area contributed by atoms with E-state index in [-0.39, 0.29) is 12.0 Å². The van der Waals surface area contributed by atoms with E-state index in [0.29, 0.717) is 6.61 Å². The Morgan fingerprint density at radius 2 is 1.79 bits per heavy atom. The fourth-order valence-corrected chi connectivity index (χ4v) is 2.71. The molecule has 0 radical (unpaired) electrons. The molecular formula is C16H23NO2. The van der Waals surface area contributed by atoms with Gasteiger partial charge in [0.15, 0.2) is 0 Å². The van der Waals surface area contributed by atoms with Crippen LogP contribution in [0.1, 0.15) is 44.2 Å². The molecule has 1 aromatic rings. The second-order valence-electron chi connectivity index (χ2n) is 5.02. The number of benzene rings is 1. The van der Waals surface area contributed by atoms with E-state index in [9.17, 15) is 4.79 Å². The minimum absolute atomic E-state index is 0.115. The summed E-state index contributed by atoms with van der Waals surface area (Å²) in [4.78, 5) is 14.6. The van der Waals surface area contributed by atoms with Gasteiger partial charge >= 0.3 is 5.97 Å². The molecule has 1 saturated heterocycles. The molecule has 1 fully saturated rings. The van der Waals surface area contributed by atoms with Crippen LogP contribution < -0.4 is 0 Å². The van der Waals surface area contributed by atoms with Crippen molar-refractivity contribution >= 4 is 5.97 Å². The Morgan fingerprint density at radius 3 is 2.37 bits per heavy atom. The standard InChI is InChI=1S/C16H23NO2/c1-2-19-16(18)15(14-10-6-5-7-11-14)17-12-8-3-4-9-13-17/h5-7,10-11,15H,2-4,8-9,12-13H2,1H3. The Labute approximate surface area is 115 Å². The molecule has 0 spiro atoms. The number of carbonyl (C=O) groups excluding carboxylic acids is 1. The quantitative estimate of drug-likeness (QED) is 0.780. The molecule has 0 amide bonds. The average molecular weight is 261 g/mol. The molecule has 1 aliphatic rings. The van der Waals surface area contributed by atoms with E-state index in [1.807, 2.05) is 37.3 Å². The molecule has 19 heavy (non-hydrogen) atoms. The summed E-state index contributed by atoms with van der Waals surface area (Å²) in [5, 5.41) is 0. The van der Waals surface area contributed by atoms with Gasteiger partial charge in [-0.3, -0.25) is 4.90 Å². The van der Waals surface area contributed by atoms with Crippen LogP contribution >= 0.6 is 0 Å². The Morgan fingerprint density at radius 1 is 1.16 bits per heavy atom. The molecule has 0 bridgehead atoms. The van der Waals surface area contributed by atoms with Crippen molar-refractivity contribution in [1.82, 2.24) is 4.90 Å². The first-order valence-electron chi connectivity index (χ1n) is 7.28. The highest BCUT2D eigenvalue weighted by molar-refractivity contribution is 5.77. The maximum Gasteiger partial charge on any atom is 0.327 e. The minimum atomic E-state index is -0.237. The highest BCUT2D eigenvalue weighted by Gasteiger charge is 2.29. The number of hydrogen-bond donors (Lipinski definition) is 0. The van der Waals surface area contributed by atoms with Crippen molar-refractivity contribution in [3.8, 4) is 0 Å². The lowest BCUT2D eigenvalue weighted by molar-refractivity contribution is -0.150. The zero-order valence-corrected chi connectivity index (χ0v) is 11.7. The summed E-state index contributed by atoms with van der Waals surface area (Å²) in [5.41, 5.74) is 1.04. The minimum Gasteiger partial charge on any atom is -0.465 e. The summed E-state index contributed by atoms with van der Waals surface area (Å²) in [6, 6.07) is 9.76. The fourth-order valence-electron chi connectivity index (χ4n) is 2.71. The van der Waals surface area contributed by atoms with Gasteiger partial charge in [-0.1, -0.05) is 43.2 Å². The van der Waals surface area contributed by atoms with E-state index < -0.39 is 0 Å². The van der Waals surface area contributed by atoms with Crippen molar-refractivity contribution < 1.29 is 9.53 Å². The predicted octanol–water partition coefficient (Wildman–Crippen LogP) is 3.17. The number of hydrogen-bond acceptors (Lipinski definition) is 3. The maximum atomic E-state index is 12.3. The Bertz CT molecular complexity index is 383. The van der Waals surface area contributed by atoms with Gasteiger partial charge in [-0.15, -0.1) is 0 Å². The molecule has 1 aromatic carbocycles. The summed E-state index contributed by atoms with van der Waals surface area (Å²) in [6.07, 6.45) is 4.87. The largest absolute Gasteiger partial charge is 0.465 e. The molecule has 1 atom stereocenters. The normalized spacial score (nSPS) is 18.6. The first-order chi connectivity index (χ1) is 9.33. The molecule has 3 heteroatoms. The number of nitrogens with zero attached hydrogens (tertiary/aromatic N) is 1. The van der Waals surface area contributed by atoms with Gasteiger partial charge in [0, 0.05) is 0 Å². The van der Waals surface area contributed by atoms with Crippen LogP contribution in [0.25, 0.3) is 0 Å². The Balaban J connectivity index is 2.20. The fraction of sp³-hybridized carbons (Fsp3) is 0.562. The van der Waals surface area contributed by atoms with Crippen LogP contribution in [0.5, 0.6) is 0 Å². The molecule has 1 aliphatic heterocycles. The Kier molecular flexibility index (Phi) is 5.40. The lowest BCUT2D eigenvalue weighted by atomic mass is 10.1. The van der Waals surface area contributed by atoms with E-state index in [4.69, 9.17) is 4.74 Å². The lowest BCUT2D eigenvalue weighted by Crippen LogP contribution is -2.36. The number of ether oxygens (including phenoxy) is 1. The van der Waals surface area contributed by atoms with Crippen molar-refractivity contribution in [3.63, 3.8) is 0 Å². The van der Waals surface area contributed by atoms with Crippen LogP contribution in [0, 0.1) is 0 Å². The van der Waals surface area contributed by atoms with E-state index in [0.717, 1.165) is 18.7 Å². The summed E-state index contributed by atoms with van der Waals surface area (Å²) < 4.78 is 5.27. The highest BCUT2D eigenvalue weighted by atomic mass is 16.5. The number of esters is 1.